The highest BCUT2D eigenvalue weighted by Gasteiger charge is 2.40. The van der Waals surface area contributed by atoms with Crippen LogP contribution in [0.4, 0.5) is 0 Å². The van der Waals surface area contributed by atoms with E-state index in [9.17, 15) is 4.79 Å². The molecular weight excluding hydrogens is 182 g/mol. The molecule has 0 bridgehead atoms. The van der Waals surface area contributed by atoms with Crippen LogP contribution in [-0.2, 0) is 16.6 Å². The lowest BCUT2D eigenvalue weighted by Crippen LogP contribution is -2.35. The van der Waals surface area contributed by atoms with Gasteiger partial charge in [0.25, 0.3) is 0 Å². The molecule has 0 spiro atoms. The first kappa shape index (κ1) is 9.27. The third-order valence-corrected chi connectivity index (χ3v) is 3.07. The van der Waals surface area contributed by atoms with Gasteiger partial charge in [-0.2, -0.15) is 0 Å². The molecule has 1 unspecified atom stereocenters. The highest BCUT2D eigenvalue weighted by atomic mass is 16.4. The largest absolute Gasteiger partial charge is 0.481 e. The average Bonchev–Trinajstić information content (AvgIpc) is 2.68. The molecule has 76 valence electrons. The number of rotatable bonds is 3. The van der Waals surface area contributed by atoms with Gasteiger partial charge in [-0.05, 0) is 18.4 Å². The summed E-state index contributed by atoms with van der Waals surface area (Å²) in [4.78, 5) is 10.8. The molecule has 0 aromatic carbocycles. The molecule has 0 amide bonds. The second-order valence-corrected chi connectivity index (χ2v) is 3.87. The smallest absolute Gasteiger partial charge is 0.304 e. The molecule has 1 aliphatic carbocycles. The molecule has 14 heavy (non-hydrogen) atoms. The van der Waals surface area contributed by atoms with Crippen LogP contribution in [0.3, 0.4) is 0 Å². The molecule has 4 nitrogen and oxygen atoms in total. The fourth-order valence-corrected chi connectivity index (χ4v) is 2.25. The molecule has 4 heteroatoms. The van der Waals surface area contributed by atoms with Crippen molar-refractivity contribution < 1.29 is 14.3 Å². The normalized spacial score (nSPS) is 24.9. The summed E-state index contributed by atoms with van der Waals surface area (Å²) in [6, 6.07) is 0. The van der Waals surface area contributed by atoms with Crippen molar-refractivity contribution in [2.75, 3.05) is 6.54 Å². The monoisotopic (exact) mass is 195 g/mol. The van der Waals surface area contributed by atoms with Gasteiger partial charge in [0.1, 0.15) is 0 Å². The first-order valence-corrected chi connectivity index (χ1v) is 4.65. The van der Waals surface area contributed by atoms with E-state index in [2.05, 4.69) is 0 Å². The van der Waals surface area contributed by atoms with Crippen LogP contribution in [0.1, 0.15) is 24.0 Å². The molecule has 1 aromatic heterocycles. The highest BCUT2D eigenvalue weighted by molar-refractivity contribution is 5.69. The van der Waals surface area contributed by atoms with Gasteiger partial charge in [-0.15, -0.1) is 0 Å². The Morgan fingerprint density at radius 2 is 2.43 bits per heavy atom. The lowest BCUT2D eigenvalue weighted by Gasteiger charge is -2.25. The van der Waals surface area contributed by atoms with E-state index in [1.165, 1.54) is 0 Å². The Bertz CT molecular complexity index is 358. The van der Waals surface area contributed by atoms with Crippen molar-refractivity contribution in [2.24, 2.45) is 5.73 Å². The zero-order valence-electron chi connectivity index (χ0n) is 7.82. The third-order valence-electron chi connectivity index (χ3n) is 3.07. The average molecular weight is 195 g/mol. The zero-order chi connectivity index (χ0) is 10.2. The Morgan fingerprint density at radius 3 is 3.07 bits per heavy atom. The molecule has 1 aromatic rings. The van der Waals surface area contributed by atoms with E-state index in [4.69, 9.17) is 15.3 Å². The van der Waals surface area contributed by atoms with Gasteiger partial charge in [-0.3, -0.25) is 4.79 Å². The van der Waals surface area contributed by atoms with Gasteiger partial charge >= 0.3 is 5.97 Å². The van der Waals surface area contributed by atoms with Gasteiger partial charge in [-0.1, -0.05) is 0 Å². The Morgan fingerprint density at radius 1 is 1.64 bits per heavy atom. The molecule has 0 saturated carbocycles. The van der Waals surface area contributed by atoms with Crippen LogP contribution in [0.15, 0.2) is 16.9 Å². The summed E-state index contributed by atoms with van der Waals surface area (Å²) >= 11 is 0. The fraction of sp³-hybridized carbons (Fsp3) is 0.500. The molecule has 1 atom stereocenters. The number of aryl methyl sites for hydroxylation is 1. The maximum absolute atomic E-state index is 10.8. The van der Waals surface area contributed by atoms with E-state index < -0.39 is 11.4 Å². The van der Waals surface area contributed by atoms with Crippen LogP contribution >= 0.6 is 0 Å². The van der Waals surface area contributed by atoms with Gasteiger partial charge in [0.15, 0.2) is 0 Å². The van der Waals surface area contributed by atoms with E-state index in [-0.39, 0.29) is 6.42 Å². The number of furan rings is 1. The molecule has 1 aliphatic rings. The van der Waals surface area contributed by atoms with E-state index in [1.807, 2.05) is 0 Å². The molecule has 1 heterocycles. The summed E-state index contributed by atoms with van der Waals surface area (Å²) in [6.45, 7) is 0.367. The lowest BCUT2D eigenvalue weighted by molar-refractivity contribution is -0.138. The summed E-state index contributed by atoms with van der Waals surface area (Å²) in [7, 11) is 0. The van der Waals surface area contributed by atoms with Crippen molar-refractivity contribution in [3.63, 3.8) is 0 Å². The van der Waals surface area contributed by atoms with E-state index in [1.54, 1.807) is 12.5 Å². The van der Waals surface area contributed by atoms with Crippen LogP contribution < -0.4 is 5.73 Å². The molecule has 2 rings (SSSR count). The Kier molecular flexibility index (Phi) is 2.07. The van der Waals surface area contributed by atoms with Gasteiger partial charge < -0.3 is 15.3 Å². The Balaban J connectivity index is 2.35. The van der Waals surface area contributed by atoms with E-state index in [0.29, 0.717) is 6.54 Å². The maximum Gasteiger partial charge on any atom is 0.304 e. The number of nitrogens with two attached hydrogens (primary N) is 1. The van der Waals surface area contributed by atoms with Gasteiger partial charge in [0.2, 0.25) is 0 Å². The highest BCUT2D eigenvalue weighted by Crippen LogP contribution is 2.41. The minimum Gasteiger partial charge on any atom is -0.481 e. The van der Waals surface area contributed by atoms with Crippen molar-refractivity contribution in [3.8, 4) is 0 Å². The van der Waals surface area contributed by atoms with Crippen molar-refractivity contribution in [3.05, 3.63) is 23.7 Å². The second-order valence-electron chi connectivity index (χ2n) is 3.87. The summed E-state index contributed by atoms with van der Waals surface area (Å²) in [5, 5.41) is 8.85. The van der Waals surface area contributed by atoms with Gasteiger partial charge in [-0.25, -0.2) is 0 Å². The third kappa shape index (κ3) is 1.23. The van der Waals surface area contributed by atoms with E-state index in [0.717, 1.165) is 24.0 Å². The summed E-state index contributed by atoms with van der Waals surface area (Å²) in [5.41, 5.74) is 7.39. The standard InChI is InChI=1S/C10H13NO3/c11-6-10(3-9(12)13)2-1-7-4-14-5-8(7)10/h4-5H,1-3,6,11H2,(H,12,13). The van der Waals surface area contributed by atoms with E-state index >= 15 is 0 Å². The van der Waals surface area contributed by atoms with Crippen molar-refractivity contribution >= 4 is 5.97 Å². The van der Waals surface area contributed by atoms with Gasteiger partial charge in [0.05, 0.1) is 18.9 Å². The number of fused-ring (bicyclic) bond motifs is 1. The Labute approximate surface area is 81.7 Å². The van der Waals surface area contributed by atoms with Gasteiger partial charge in [0, 0.05) is 17.5 Å². The van der Waals surface area contributed by atoms with Crippen molar-refractivity contribution in [1.29, 1.82) is 0 Å². The van der Waals surface area contributed by atoms with Crippen molar-refractivity contribution in [2.45, 2.75) is 24.7 Å². The first-order chi connectivity index (χ1) is 6.68. The topological polar surface area (TPSA) is 76.5 Å². The molecule has 0 radical (unpaired) electrons. The molecule has 3 N–H and O–H groups in total. The predicted molar refractivity (Wildman–Crippen MR) is 50.0 cm³/mol. The minimum atomic E-state index is -0.801. The molecule has 0 aliphatic heterocycles. The number of aliphatic carboxylic acids is 1. The van der Waals surface area contributed by atoms with Crippen LogP contribution in [0.2, 0.25) is 0 Å². The fourth-order valence-electron chi connectivity index (χ4n) is 2.25. The first-order valence-electron chi connectivity index (χ1n) is 4.65. The zero-order valence-corrected chi connectivity index (χ0v) is 7.82. The maximum atomic E-state index is 10.8. The SMILES string of the molecule is NCC1(CC(=O)O)CCc2cocc21. The number of carboxylic acid groups (broad SMARTS) is 1. The van der Waals surface area contributed by atoms with Crippen LogP contribution in [0.5, 0.6) is 0 Å². The van der Waals surface area contributed by atoms with Crippen LogP contribution in [-0.4, -0.2) is 17.6 Å². The lowest BCUT2D eigenvalue weighted by atomic mass is 9.80. The molecule has 0 saturated heterocycles. The number of hydrogen-bond acceptors (Lipinski definition) is 3. The van der Waals surface area contributed by atoms with Crippen LogP contribution in [0, 0.1) is 0 Å². The minimum absolute atomic E-state index is 0.0933. The summed E-state index contributed by atoms with van der Waals surface area (Å²) in [6.07, 6.45) is 5.11. The van der Waals surface area contributed by atoms with Crippen LogP contribution in [0.25, 0.3) is 0 Å². The van der Waals surface area contributed by atoms with Crippen molar-refractivity contribution in [1.82, 2.24) is 0 Å². The second kappa shape index (κ2) is 3.13. The molecular formula is C10H13NO3. The Hall–Kier alpha value is -1.29. The number of hydrogen-bond donors (Lipinski definition) is 2. The molecule has 0 fully saturated rings. The summed E-state index contributed by atoms with van der Waals surface area (Å²) in [5.74, 6) is -0.801. The number of carboxylic acids is 1. The summed E-state index contributed by atoms with van der Waals surface area (Å²) < 4.78 is 5.08. The predicted octanol–water partition coefficient (Wildman–Crippen LogP) is 0.897. The quantitative estimate of drug-likeness (QED) is 0.751. The number of carbonyl (C=O) groups is 1.